The van der Waals surface area contributed by atoms with Crippen LogP contribution < -0.4 is 5.32 Å². The summed E-state index contributed by atoms with van der Waals surface area (Å²) in [5, 5.41) is 3.15. The minimum Gasteiger partial charge on any atom is -0.310 e. The smallest absolute Gasteiger partial charge is 0.130 e. The highest BCUT2D eigenvalue weighted by Gasteiger charge is 2.16. The maximum Gasteiger partial charge on any atom is 0.130 e. The Morgan fingerprint density at radius 3 is 2.43 bits per heavy atom. The van der Waals surface area contributed by atoms with Crippen LogP contribution in [0.25, 0.3) is 0 Å². The molecule has 5 heteroatoms. The zero-order valence-electron chi connectivity index (χ0n) is 11.5. The molecule has 0 saturated carbocycles. The van der Waals surface area contributed by atoms with Gasteiger partial charge >= 0.3 is 0 Å². The van der Waals surface area contributed by atoms with Crippen LogP contribution in [-0.2, 0) is 6.42 Å². The lowest BCUT2D eigenvalue weighted by molar-refractivity contribution is 0.501. The third-order valence-electron chi connectivity index (χ3n) is 3.15. The van der Waals surface area contributed by atoms with Crippen molar-refractivity contribution < 1.29 is 13.2 Å². The normalized spacial score (nSPS) is 12.4. The first kappa shape index (κ1) is 16.0. The van der Waals surface area contributed by atoms with E-state index in [2.05, 4.69) is 21.2 Å². The van der Waals surface area contributed by atoms with Gasteiger partial charge in [0.1, 0.15) is 17.5 Å². The van der Waals surface area contributed by atoms with Gasteiger partial charge in [-0.25, -0.2) is 13.2 Å². The first-order valence-corrected chi connectivity index (χ1v) is 7.42. The van der Waals surface area contributed by atoms with Gasteiger partial charge in [0.2, 0.25) is 0 Å². The Morgan fingerprint density at radius 2 is 1.81 bits per heavy atom. The van der Waals surface area contributed by atoms with Crippen LogP contribution in [0.5, 0.6) is 0 Å². The fraction of sp³-hybridized carbons (Fsp3) is 0.250. The quantitative estimate of drug-likeness (QED) is 0.813. The number of rotatable bonds is 5. The fourth-order valence-electron chi connectivity index (χ4n) is 2.29. The summed E-state index contributed by atoms with van der Waals surface area (Å²) in [5.74, 6) is -1.56. The largest absolute Gasteiger partial charge is 0.310 e. The molecule has 2 rings (SSSR count). The van der Waals surface area contributed by atoms with Gasteiger partial charge in [-0.2, -0.15) is 0 Å². The van der Waals surface area contributed by atoms with E-state index in [1.807, 2.05) is 6.92 Å². The van der Waals surface area contributed by atoms with Crippen LogP contribution in [0.4, 0.5) is 13.2 Å². The second kappa shape index (κ2) is 7.09. The zero-order valence-corrected chi connectivity index (χ0v) is 13.1. The van der Waals surface area contributed by atoms with Crippen molar-refractivity contribution in [3.05, 3.63) is 69.4 Å². The Labute approximate surface area is 130 Å². The van der Waals surface area contributed by atoms with E-state index in [-0.39, 0.29) is 11.9 Å². The van der Waals surface area contributed by atoms with Gasteiger partial charge in [-0.15, -0.1) is 0 Å². The summed E-state index contributed by atoms with van der Waals surface area (Å²) >= 11 is 3.24. The maximum absolute atomic E-state index is 13.9. The van der Waals surface area contributed by atoms with Gasteiger partial charge in [0, 0.05) is 22.1 Å². The number of hydrogen-bond acceptors (Lipinski definition) is 1. The Hall–Kier alpha value is -1.33. The zero-order chi connectivity index (χ0) is 15.4. The molecule has 1 N–H and O–H groups in total. The van der Waals surface area contributed by atoms with E-state index >= 15 is 0 Å². The Morgan fingerprint density at radius 1 is 1.05 bits per heavy atom. The van der Waals surface area contributed by atoms with Gasteiger partial charge in [0.15, 0.2) is 0 Å². The van der Waals surface area contributed by atoms with Crippen LogP contribution in [-0.4, -0.2) is 6.54 Å². The summed E-state index contributed by atoms with van der Waals surface area (Å²) in [6.07, 6.45) is 0.409. The first-order chi connectivity index (χ1) is 9.99. The third-order valence-corrected chi connectivity index (χ3v) is 3.61. The lowest BCUT2D eigenvalue weighted by Gasteiger charge is -2.19. The number of likely N-dealkylation sites (N-methyl/N-ethyl adjacent to an activating group) is 1. The van der Waals surface area contributed by atoms with Crippen molar-refractivity contribution in [1.82, 2.24) is 5.32 Å². The Kier molecular flexibility index (Phi) is 5.42. The van der Waals surface area contributed by atoms with E-state index in [0.29, 0.717) is 23.0 Å². The van der Waals surface area contributed by atoms with E-state index in [1.54, 1.807) is 6.07 Å². The van der Waals surface area contributed by atoms with Crippen molar-refractivity contribution in [2.24, 2.45) is 0 Å². The molecule has 0 heterocycles. The van der Waals surface area contributed by atoms with Crippen molar-refractivity contribution in [1.29, 1.82) is 0 Å². The molecule has 2 aromatic rings. The van der Waals surface area contributed by atoms with Crippen molar-refractivity contribution in [2.75, 3.05) is 6.54 Å². The van der Waals surface area contributed by atoms with Crippen LogP contribution in [0.3, 0.4) is 0 Å². The van der Waals surface area contributed by atoms with Crippen LogP contribution in [0.15, 0.2) is 40.9 Å². The molecule has 1 unspecified atom stereocenters. The van der Waals surface area contributed by atoms with Gasteiger partial charge in [-0.1, -0.05) is 28.9 Å². The fourth-order valence-corrected chi connectivity index (χ4v) is 2.80. The van der Waals surface area contributed by atoms with Crippen molar-refractivity contribution in [3.8, 4) is 0 Å². The van der Waals surface area contributed by atoms with Crippen LogP contribution >= 0.6 is 15.9 Å². The summed E-state index contributed by atoms with van der Waals surface area (Å²) < 4.78 is 41.0. The van der Waals surface area contributed by atoms with Crippen LogP contribution in [0.2, 0.25) is 0 Å². The van der Waals surface area contributed by atoms with Crippen LogP contribution in [0, 0.1) is 17.5 Å². The van der Waals surface area contributed by atoms with Gasteiger partial charge in [-0.05, 0) is 42.8 Å². The lowest BCUT2D eigenvalue weighted by atomic mass is 9.98. The SMILES string of the molecule is CCNC(Cc1cc(F)cc(Br)c1)c1ccc(F)cc1F. The first-order valence-electron chi connectivity index (χ1n) is 6.63. The highest BCUT2D eigenvalue weighted by atomic mass is 79.9. The standard InChI is InChI=1S/C16H15BrF3N/c1-2-21-16(14-4-3-12(18)9-15(14)20)7-10-5-11(17)8-13(19)6-10/h3-6,8-9,16,21H,2,7H2,1H3. The molecule has 1 atom stereocenters. The second-order valence-electron chi connectivity index (χ2n) is 4.76. The minimum absolute atomic E-state index is 0.343. The molecule has 0 aliphatic carbocycles. The molecule has 0 bridgehead atoms. The van der Waals surface area contributed by atoms with Crippen molar-refractivity contribution >= 4 is 15.9 Å². The van der Waals surface area contributed by atoms with E-state index in [1.165, 1.54) is 24.3 Å². The molecule has 0 saturated heterocycles. The summed E-state index contributed by atoms with van der Waals surface area (Å²) in [7, 11) is 0. The Balaban J connectivity index is 2.30. The van der Waals surface area contributed by atoms with Gasteiger partial charge < -0.3 is 5.32 Å². The predicted molar refractivity (Wildman–Crippen MR) is 80.6 cm³/mol. The molecule has 21 heavy (non-hydrogen) atoms. The molecule has 0 spiro atoms. The molecule has 0 amide bonds. The number of nitrogens with one attached hydrogen (secondary N) is 1. The minimum atomic E-state index is -0.611. The molecule has 0 aliphatic heterocycles. The molecular weight excluding hydrogens is 343 g/mol. The summed E-state index contributed by atoms with van der Waals surface area (Å²) in [4.78, 5) is 0. The van der Waals surface area contributed by atoms with Crippen LogP contribution in [0.1, 0.15) is 24.1 Å². The van der Waals surface area contributed by atoms with E-state index in [9.17, 15) is 13.2 Å². The molecule has 0 aromatic heterocycles. The number of benzene rings is 2. The number of halogens is 4. The van der Waals surface area contributed by atoms with Gasteiger partial charge in [0.25, 0.3) is 0 Å². The molecule has 2 aromatic carbocycles. The molecule has 1 nitrogen and oxygen atoms in total. The summed E-state index contributed by atoms with van der Waals surface area (Å²) in [5.41, 5.74) is 1.11. The third kappa shape index (κ3) is 4.32. The lowest BCUT2D eigenvalue weighted by Crippen LogP contribution is -2.24. The second-order valence-corrected chi connectivity index (χ2v) is 5.67. The average molecular weight is 358 g/mol. The highest BCUT2D eigenvalue weighted by Crippen LogP contribution is 2.24. The molecular formula is C16H15BrF3N. The molecule has 0 radical (unpaired) electrons. The van der Waals surface area contributed by atoms with E-state index in [4.69, 9.17) is 0 Å². The van der Waals surface area contributed by atoms with Crippen molar-refractivity contribution in [3.63, 3.8) is 0 Å². The molecule has 112 valence electrons. The van der Waals surface area contributed by atoms with Gasteiger partial charge in [-0.3, -0.25) is 0 Å². The maximum atomic E-state index is 13.9. The molecule has 0 aliphatic rings. The van der Waals surface area contributed by atoms with Gasteiger partial charge in [0.05, 0.1) is 0 Å². The van der Waals surface area contributed by atoms with Crippen molar-refractivity contribution in [2.45, 2.75) is 19.4 Å². The average Bonchev–Trinajstić information content (AvgIpc) is 2.37. The molecule has 0 fully saturated rings. The highest BCUT2D eigenvalue weighted by molar-refractivity contribution is 9.10. The van der Waals surface area contributed by atoms with E-state index in [0.717, 1.165) is 11.6 Å². The predicted octanol–water partition coefficient (Wildman–Crippen LogP) is 4.76. The Bertz CT molecular complexity index is 611. The monoisotopic (exact) mass is 357 g/mol. The summed E-state index contributed by atoms with van der Waals surface area (Å²) in [6, 6.07) is 7.73. The summed E-state index contributed by atoms with van der Waals surface area (Å²) in [6.45, 7) is 2.52. The number of hydrogen-bond donors (Lipinski definition) is 1. The van der Waals surface area contributed by atoms with E-state index < -0.39 is 11.6 Å². The topological polar surface area (TPSA) is 12.0 Å².